The van der Waals surface area contributed by atoms with Gasteiger partial charge in [0.15, 0.2) is 0 Å². The molecule has 174 valence electrons. The molecule has 8 heteroatoms. The number of aromatic nitrogens is 3. The summed E-state index contributed by atoms with van der Waals surface area (Å²) >= 11 is 1.70. The molecule has 0 saturated carbocycles. The van der Waals surface area contributed by atoms with Gasteiger partial charge in [-0.15, -0.1) is 0 Å². The number of rotatable bonds is 11. The summed E-state index contributed by atoms with van der Waals surface area (Å²) in [7, 11) is 0. The molecule has 2 aromatic carbocycles. The second-order valence-corrected chi connectivity index (χ2v) is 8.89. The van der Waals surface area contributed by atoms with E-state index >= 15 is 0 Å². The molecule has 0 atom stereocenters. The van der Waals surface area contributed by atoms with Crippen molar-refractivity contribution < 1.29 is 10.0 Å². The largest absolute Gasteiger partial charge is 0.384 e. The van der Waals surface area contributed by atoms with Crippen LogP contribution in [0.3, 0.4) is 0 Å². The van der Waals surface area contributed by atoms with Gasteiger partial charge in [-0.2, -0.15) is 5.10 Å². The summed E-state index contributed by atoms with van der Waals surface area (Å²) in [5, 5.41) is 20.7. The minimum atomic E-state index is -0.333. The number of H-pyrrole nitrogens is 1. The molecular weight excluding hydrogens is 446 g/mol. The molecule has 0 aliphatic carbocycles. The summed E-state index contributed by atoms with van der Waals surface area (Å²) in [6.45, 7) is 0.823. The van der Waals surface area contributed by atoms with Gasteiger partial charge < -0.3 is 5.32 Å². The van der Waals surface area contributed by atoms with Crippen molar-refractivity contribution in [3.8, 4) is 0 Å². The number of amides is 1. The lowest BCUT2D eigenvalue weighted by Crippen LogP contribution is -2.17. The van der Waals surface area contributed by atoms with Gasteiger partial charge >= 0.3 is 0 Å². The number of hydrogen-bond acceptors (Lipinski definition) is 6. The first-order valence-corrected chi connectivity index (χ1v) is 12.1. The van der Waals surface area contributed by atoms with Crippen molar-refractivity contribution in [2.24, 2.45) is 0 Å². The van der Waals surface area contributed by atoms with E-state index in [9.17, 15) is 4.79 Å². The highest BCUT2D eigenvalue weighted by atomic mass is 32.2. The van der Waals surface area contributed by atoms with Crippen molar-refractivity contribution in [2.75, 3.05) is 11.9 Å². The van der Waals surface area contributed by atoms with Crippen molar-refractivity contribution in [3.63, 3.8) is 0 Å². The lowest BCUT2D eigenvalue weighted by Gasteiger charge is -2.12. The first-order valence-electron chi connectivity index (χ1n) is 11.2. The number of aromatic amines is 1. The predicted molar refractivity (Wildman–Crippen MR) is 137 cm³/mol. The van der Waals surface area contributed by atoms with Crippen LogP contribution in [-0.2, 0) is 4.79 Å². The summed E-state index contributed by atoms with van der Waals surface area (Å²) in [5.74, 6) is -0.333. The molecular formula is C26H27N5O2S. The van der Waals surface area contributed by atoms with Gasteiger partial charge in [-0.05, 0) is 67.5 Å². The van der Waals surface area contributed by atoms with E-state index in [1.54, 1.807) is 23.4 Å². The topological polar surface area (TPSA) is 103 Å². The number of hydrogen-bond donors (Lipinski definition) is 4. The zero-order chi connectivity index (χ0) is 23.6. The fourth-order valence-corrected chi connectivity index (χ4v) is 4.51. The second kappa shape index (κ2) is 12.0. The molecule has 4 rings (SSSR count). The Morgan fingerprint density at radius 1 is 1.03 bits per heavy atom. The molecule has 2 heterocycles. The van der Waals surface area contributed by atoms with Crippen molar-refractivity contribution in [1.29, 1.82) is 0 Å². The van der Waals surface area contributed by atoms with E-state index in [4.69, 9.17) is 5.21 Å². The zero-order valence-electron chi connectivity index (χ0n) is 18.7. The number of nitrogens with one attached hydrogen (secondary N) is 3. The normalized spacial score (nSPS) is 11.2. The van der Waals surface area contributed by atoms with Gasteiger partial charge in [0.2, 0.25) is 5.91 Å². The van der Waals surface area contributed by atoms with E-state index in [1.807, 2.05) is 42.5 Å². The lowest BCUT2D eigenvalue weighted by molar-refractivity contribution is -0.129. The number of pyridine rings is 1. The van der Waals surface area contributed by atoms with Gasteiger partial charge in [0.25, 0.3) is 0 Å². The van der Waals surface area contributed by atoms with Gasteiger partial charge in [-0.25, -0.2) is 5.48 Å². The van der Waals surface area contributed by atoms with Gasteiger partial charge in [0.1, 0.15) is 0 Å². The molecule has 34 heavy (non-hydrogen) atoms. The van der Waals surface area contributed by atoms with Crippen LogP contribution >= 0.6 is 11.8 Å². The number of unbranched alkanes of at least 4 members (excludes halogenated alkanes) is 2. The zero-order valence-corrected chi connectivity index (χ0v) is 19.5. The maximum Gasteiger partial charge on any atom is 0.243 e. The van der Waals surface area contributed by atoms with Crippen LogP contribution in [0.25, 0.3) is 23.1 Å². The Labute approximate surface area is 202 Å². The molecule has 0 aliphatic rings. The average molecular weight is 474 g/mol. The molecule has 0 fully saturated rings. The highest BCUT2D eigenvalue weighted by Gasteiger charge is 2.08. The number of benzene rings is 2. The van der Waals surface area contributed by atoms with Crippen molar-refractivity contribution in [1.82, 2.24) is 20.7 Å². The molecule has 0 saturated heterocycles. The Bertz CT molecular complexity index is 1260. The Morgan fingerprint density at radius 3 is 2.76 bits per heavy atom. The SMILES string of the molecule is O=C(CCCCCNc1ccccc1Sc1ccc2c(/C=C/c3ccccn3)n[nH]c2c1)NO. The van der Waals surface area contributed by atoms with E-state index in [0.717, 1.165) is 63.6 Å². The molecule has 0 aliphatic heterocycles. The fourth-order valence-electron chi connectivity index (χ4n) is 3.54. The molecule has 4 aromatic rings. The van der Waals surface area contributed by atoms with Crippen LogP contribution in [0.2, 0.25) is 0 Å². The lowest BCUT2D eigenvalue weighted by atomic mass is 10.2. The minimum Gasteiger partial charge on any atom is -0.384 e. The van der Waals surface area contributed by atoms with E-state index in [2.05, 4.69) is 50.8 Å². The van der Waals surface area contributed by atoms with Crippen LogP contribution < -0.4 is 10.8 Å². The number of para-hydroxylation sites is 1. The van der Waals surface area contributed by atoms with E-state index < -0.39 is 0 Å². The molecule has 0 spiro atoms. The number of anilines is 1. The fraction of sp³-hybridized carbons (Fsp3) is 0.192. The van der Waals surface area contributed by atoms with Crippen molar-refractivity contribution in [2.45, 2.75) is 35.5 Å². The quantitative estimate of drug-likeness (QED) is 0.126. The van der Waals surface area contributed by atoms with Gasteiger partial charge in [-0.1, -0.05) is 36.4 Å². The van der Waals surface area contributed by atoms with Crippen LogP contribution in [0.15, 0.2) is 76.7 Å². The van der Waals surface area contributed by atoms with Gasteiger partial charge in [-0.3, -0.25) is 20.1 Å². The number of carbonyl (C=O) groups is 1. The predicted octanol–water partition coefficient (Wildman–Crippen LogP) is 5.76. The Hall–Kier alpha value is -3.62. The smallest absolute Gasteiger partial charge is 0.243 e. The second-order valence-electron chi connectivity index (χ2n) is 7.77. The molecule has 0 unspecified atom stereocenters. The summed E-state index contributed by atoms with van der Waals surface area (Å²) in [6.07, 6.45) is 8.69. The van der Waals surface area contributed by atoms with Crippen LogP contribution in [0.4, 0.5) is 5.69 Å². The number of hydroxylamine groups is 1. The maximum absolute atomic E-state index is 11.1. The maximum atomic E-state index is 11.1. The molecule has 2 aromatic heterocycles. The Balaban J connectivity index is 1.37. The summed E-state index contributed by atoms with van der Waals surface area (Å²) in [6, 6.07) is 20.4. The highest BCUT2D eigenvalue weighted by molar-refractivity contribution is 7.99. The molecule has 4 N–H and O–H groups in total. The monoisotopic (exact) mass is 473 g/mol. The molecule has 0 bridgehead atoms. The van der Waals surface area contributed by atoms with Crippen LogP contribution in [-0.4, -0.2) is 32.8 Å². The van der Waals surface area contributed by atoms with Crippen molar-refractivity contribution >= 4 is 46.4 Å². The minimum absolute atomic E-state index is 0.333. The summed E-state index contributed by atoms with van der Waals surface area (Å²) < 4.78 is 0. The number of carbonyl (C=O) groups excluding carboxylic acids is 1. The number of nitrogens with zero attached hydrogens (tertiary/aromatic N) is 2. The van der Waals surface area contributed by atoms with Gasteiger partial charge in [0.05, 0.1) is 16.9 Å². The molecule has 0 radical (unpaired) electrons. The third-order valence-electron chi connectivity index (χ3n) is 5.30. The summed E-state index contributed by atoms with van der Waals surface area (Å²) in [5.41, 5.74) is 5.52. The van der Waals surface area contributed by atoms with Crippen LogP contribution in [0.1, 0.15) is 37.1 Å². The van der Waals surface area contributed by atoms with Gasteiger partial charge in [0, 0.05) is 40.0 Å². The van der Waals surface area contributed by atoms with E-state index in [-0.39, 0.29) is 5.91 Å². The average Bonchev–Trinajstić information content (AvgIpc) is 3.28. The Kier molecular flexibility index (Phi) is 8.32. The van der Waals surface area contributed by atoms with E-state index in [0.29, 0.717) is 6.42 Å². The first-order chi connectivity index (χ1) is 16.7. The Morgan fingerprint density at radius 2 is 1.91 bits per heavy atom. The molecule has 1 amide bonds. The standard InChI is InChI=1S/C26H27N5O2S/c32-26(31-33)11-2-1-6-17-28-23-9-3-4-10-25(23)34-20-13-14-21-22(29-30-24(21)18-20)15-12-19-8-5-7-16-27-19/h3-5,7-10,12-16,18,28,33H,1-2,6,11,17H2,(H,29,30)(H,31,32)/b15-12+. The van der Waals surface area contributed by atoms with E-state index in [1.165, 1.54) is 0 Å². The third-order valence-corrected chi connectivity index (χ3v) is 6.36. The highest BCUT2D eigenvalue weighted by Crippen LogP contribution is 2.35. The van der Waals surface area contributed by atoms with Crippen LogP contribution in [0.5, 0.6) is 0 Å². The number of fused-ring (bicyclic) bond motifs is 1. The van der Waals surface area contributed by atoms with Crippen molar-refractivity contribution in [3.05, 3.63) is 78.2 Å². The summed E-state index contributed by atoms with van der Waals surface area (Å²) in [4.78, 5) is 17.7. The molecule has 7 nitrogen and oxygen atoms in total. The first kappa shape index (κ1) is 23.5. The third kappa shape index (κ3) is 6.46. The van der Waals surface area contributed by atoms with Crippen LogP contribution in [0, 0.1) is 0 Å².